The van der Waals surface area contributed by atoms with Crippen LogP contribution in [0.15, 0.2) is 33.1 Å². The highest BCUT2D eigenvalue weighted by Gasteiger charge is 2.18. The summed E-state index contributed by atoms with van der Waals surface area (Å²) in [5.74, 6) is 1.50. The van der Waals surface area contributed by atoms with Crippen LogP contribution in [0.25, 0.3) is 11.0 Å². The highest BCUT2D eigenvalue weighted by Crippen LogP contribution is 2.22. The number of nitrogens with zero attached hydrogens (tertiary/aromatic N) is 6. The van der Waals surface area contributed by atoms with Gasteiger partial charge in [-0.1, -0.05) is 13.8 Å². The molecule has 0 amide bonds. The van der Waals surface area contributed by atoms with Gasteiger partial charge in [0.25, 0.3) is 5.56 Å². The highest BCUT2D eigenvalue weighted by molar-refractivity contribution is 7.99. The molecule has 0 unspecified atom stereocenters. The van der Waals surface area contributed by atoms with Gasteiger partial charge in [0.15, 0.2) is 5.65 Å². The van der Waals surface area contributed by atoms with Crippen LogP contribution in [0.4, 0.5) is 0 Å². The van der Waals surface area contributed by atoms with Crippen LogP contribution in [-0.2, 0) is 20.1 Å². The van der Waals surface area contributed by atoms with Crippen LogP contribution >= 0.6 is 11.8 Å². The Balaban J connectivity index is 2.09. The third-order valence-corrected chi connectivity index (χ3v) is 4.88. The zero-order valence-corrected chi connectivity index (χ0v) is 16.2. The quantitative estimate of drug-likeness (QED) is 0.479. The van der Waals surface area contributed by atoms with Gasteiger partial charge in [-0.15, -0.1) is 11.8 Å². The lowest BCUT2D eigenvalue weighted by Crippen LogP contribution is -2.39. The van der Waals surface area contributed by atoms with Gasteiger partial charge >= 0.3 is 5.69 Å². The first-order valence-electron chi connectivity index (χ1n) is 8.47. The second kappa shape index (κ2) is 7.45. The van der Waals surface area contributed by atoms with Gasteiger partial charge in [-0.25, -0.2) is 14.8 Å². The van der Waals surface area contributed by atoms with Crippen LogP contribution in [0.1, 0.15) is 19.7 Å². The molecule has 0 aliphatic carbocycles. The molecule has 0 saturated carbocycles. The summed E-state index contributed by atoms with van der Waals surface area (Å²) in [6.45, 7) is 7.03. The monoisotopic (exact) mass is 374 g/mol. The fourth-order valence-corrected chi connectivity index (χ4v) is 3.74. The average Bonchev–Trinajstić information content (AvgIpc) is 3.09. The van der Waals surface area contributed by atoms with Crippen molar-refractivity contribution >= 4 is 22.8 Å². The SMILES string of the molecule is Cc1nc(SCCn2cccn2)c2c(=O)n(C)c(=O)n(CC(C)C)c2n1. The fourth-order valence-electron chi connectivity index (χ4n) is 2.74. The summed E-state index contributed by atoms with van der Waals surface area (Å²) < 4.78 is 4.55. The van der Waals surface area contributed by atoms with E-state index in [1.807, 2.05) is 30.8 Å². The van der Waals surface area contributed by atoms with E-state index in [2.05, 4.69) is 15.1 Å². The number of hydrogen-bond donors (Lipinski definition) is 0. The summed E-state index contributed by atoms with van der Waals surface area (Å²) in [6.07, 6.45) is 3.62. The Kier molecular flexibility index (Phi) is 5.26. The molecule has 3 aromatic rings. The lowest BCUT2D eigenvalue weighted by atomic mass is 10.2. The van der Waals surface area contributed by atoms with Gasteiger partial charge in [0.1, 0.15) is 16.2 Å². The Morgan fingerprint density at radius 2 is 2.00 bits per heavy atom. The van der Waals surface area contributed by atoms with Crippen molar-refractivity contribution in [2.75, 3.05) is 5.75 Å². The van der Waals surface area contributed by atoms with Crippen LogP contribution in [0.5, 0.6) is 0 Å². The molecule has 0 aliphatic rings. The van der Waals surface area contributed by atoms with E-state index in [1.165, 1.54) is 18.8 Å². The predicted octanol–water partition coefficient (Wildman–Crippen LogP) is 1.44. The van der Waals surface area contributed by atoms with Crippen LogP contribution in [0.3, 0.4) is 0 Å². The number of thioether (sulfide) groups is 1. The standard InChI is InChI=1S/C17H22N6O2S/c1-11(2)10-23-14-13(16(24)21(4)17(23)25)15(20-12(3)19-14)26-9-8-22-7-5-6-18-22/h5-7,11H,8-10H2,1-4H3. The summed E-state index contributed by atoms with van der Waals surface area (Å²) in [4.78, 5) is 34.2. The normalized spacial score (nSPS) is 11.6. The first-order chi connectivity index (χ1) is 12.4. The van der Waals surface area contributed by atoms with E-state index in [1.54, 1.807) is 17.7 Å². The van der Waals surface area contributed by atoms with E-state index in [0.717, 1.165) is 4.57 Å². The lowest BCUT2D eigenvalue weighted by molar-refractivity contribution is 0.498. The van der Waals surface area contributed by atoms with E-state index < -0.39 is 0 Å². The molecule has 0 aliphatic heterocycles. The second-order valence-corrected chi connectivity index (χ2v) is 7.63. The minimum absolute atomic E-state index is 0.250. The van der Waals surface area contributed by atoms with E-state index in [4.69, 9.17) is 0 Å². The van der Waals surface area contributed by atoms with Crippen LogP contribution in [0, 0.1) is 12.8 Å². The van der Waals surface area contributed by atoms with Crippen molar-refractivity contribution in [3.8, 4) is 0 Å². The van der Waals surface area contributed by atoms with E-state index in [0.29, 0.717) is 40.7 Å². The maximum atomic E-state index is 12.7. The van der Waals surface area contributed by atoms with Gasteiger partial charge < -0.3 is 0 Å². The zero-order chi connectivity index (χ0) is 18.8. The van der Waals surface area contributed by atoms with Crippen molar-refractivity contribution in [2.24, 2.45) is 13.0 Å². The Bertz CT molecular complexity index is 1040. The molecule has 3 heterocycles. The summed E-state index contributed by atoms with van der Waals surface area (Å²) in [7, 11) is 1.50. The van der Waals surface area contributed by atoms with Gasteiger partial charge in [0.2, 0.25) is 0 Å². The Labute approximate surface area is 154 Å². The van der Waals surface area contributed by atoms with Crippen molar-refractivity contribution in [1.29, 1.82) is 0 Å². The maximum absolute atomic E-state index is 12.7. The van der Waals surface area contributed by atoms with Crippen LogP contribution < -0.4 is 11.2 Å². The second-order valence-electron chi connectivity index (χ2n) is 6.54. The lowest BCUT2D eigenvalue weighted by Gasteiger charge is -2.15. The molecule has 3 rings (SSSR count). The zero-order valence-electron chi connectivity index (χ0n) is 15.3. The third kappa shape index (κ3) is 3.57. The van der Waals surface area contributed by atoms with Gasteiger partial charge in [0.05, 0.1) is 6.54 Å². The summed E-state index contributed by atoms with van der Waals surface area (Å²) in [5, 5.41) is 5.19. The van der Waals surface area contributed by atoms with E-state index >= 15 is 0 Å². The van der Waals surface area contributed by atoms with Crippen LogP contribution in [0.2, 0.25) is 0 Å². The van der Waals surface area contributed by atoms with Gasteiger partial charge in [-0.05, 0) is 18.9 Å². The maximum Gasteiger partial charge on any atom is 0.332 e. The number of aryl methyl sites for hydroxylation is 2. The molecule has 0 saturated heterocycles. The van der Waals surface area contributed by atoms with Gasteiger partial charge in [0, 0.05) is 31.7 Å². The van der Waals surface area contributed by atoms with Crippen molar-refractivity contribution < 1.29 is 0 Å². The number of rotatable bonds is 6. The van der Waals surface area contributed by atoms with E-state index in [-0.39, 0.29) is 17.2 Å². The molecule has 0 aromatic carbocycles. The molecule has 0 fully saturated rings. The highest BCUT2D eigenvalue weighted by atomic mass is 32.2. The Hall–Kier alpha value is -2.42. The number of hydrogen-bond acceptors (Lipinski definition) is 6. The molecule has 0 radical (unpaired) electrons. The Morgan fingerprint density at radius 3 is 2.65 bits per heavy atom. The van der Waals surface area contributed by atoms with Crippen molar-refractivity contribution in [3.05, 3.63) is 45.1 Å². The summed E-state index contributed by atoms with van der Waals surface area (Å²) in [5.41, 5.74) is -0.283. The first-order valence-corrected chi connectivity index (χ1v) is 9.45. The minimum Gasteiger partial charge on any atom is -0.277 e. The molecule has 9 heteroatoms. The first kappa shape index (κ1) is 18.4. The molecule has 3 aromatic heterocycles. The number of fused-ring (bicyclic) bond motifs is 1. The van der Waals surface area contributed by atoms with Crippen molar-refractivity contribution in [2.45, 2.75) is 38.9 Å². The molecule has 0 bridgehead atoms. The van der Waals surface area contributed by atoms with E-state index in [9.17, 15) is 9.59 Å². The third-order valence-electron chi connectivity index (χ3n) is 3.93. The summed E-state index contributed by atoms with van der Waals surface area (Å²) >= 11 is 1.48. The average molecular weight is 374 g/mol. The molecule has 138 valence electrons. The topological polar surface area (TPSA) is 87.6 Å². The fraction of sp³-hybridized carbons (Fsp3) is 0.471. The smallest absolute Gasteiger partial charge is 0.277 e. The molecule has 0 atom stereocenters. The molecular formula is C17H22N6O2S. The molecule has 0 spiro atoms. The molecule has 8 nitrogen and oxygen atoms in total. The van der Waals surface area contributed by atoms with Crippen LogP contribution in [-0.4, -0.2) is 34.6 Å². The summed E-state index contributed by atoms with van der Waals surface area (Å²) in [6, 6.07) is 1.87. The molecule has 0 N–H and O–H groups in total. The predicted molar refractivity (Wildman–Crippen MR) is 102 cm³/mol. The Morgan fingerprint density at radius 1 is 1.23 bits per heavy atom. The largest absolute Gasteiger partial charge is 0.332 e. The number of aromatic nitrogens is 6. The van der Waals surface area contributed by atoms with Gasteiger partial charge in [-0.3, -0.25) is 18.6 Å². The van der Waals surface area contributed by atoms with Crippen molar-refractivity contribution in [3.63, 3.8) is 0 Å². The minimum atomic E-state index is -0.355. The molecular weight excluding hydrogens is 352 g/mol. The van der Waals surface area contributed by atoms with Gasteiger partial charge in [-0.2, -0.15) is 5.10 Å². The van der Waals surface area contributed by atoms with Crippen molar-refractivity contribution in [1.82, 2.24) is 28.9 Å². The molecule has 26 heavy (non-hydrogen) atoms.